The summed E-state index contributed by atoms with van der Waals surface area (Å²) in [6.07, 6.45) is 1.70. The van der Waals surface area contributed by atoms with Crippen molar-refractivity contribution >= 4 is 17.4 Å². The van der Waals surface area contributed by atoms with Crippen molar-refractivity contribution in [1.82, 2.24) is 10.4 Å². The van der Waals surface area contributed by atoms with Crippen LogP contribution >= 0.6 is 0 Å². The summed E-state index contributed by atoms with van der Waals surface area (Å²) in [6, 6.07) is 3.82. The van der Waals surface area contributed by atoms with Gasteiger partial charge < -0.3 is 15.0 Å². The SMILES string of the molecule is NNC(=O)CNc1ccc(N2CCOCC2)nc1. The van der Waals surface area contributed by atoms with Crippen LogP contribution in [0, 0.1) is 0 Å². The van der Waals surface area contributed by atoms with Gasteiger partial charge in [0, 0.05) is 13.1 Å². The van der Waals surface area contributed by atoms with Crippen LogP contribution in [0.25, 0.3) is 0 Å². The van der Waals surface area contributed by atoms with Gasteiger partial charge >= 0.3 is 0 Å². The molecule has 2 heterocycles. The number of carbonyl (C=O) groups excluding carboxylic acids is 1. The normalized spacial score (nSPS) is 15.3. The smallest absolute Gasteiger partial charge is 0.253 e. The second-order valence-corrected chi connectivity index (χ2v) is 3.93. The number of rotatable bonds is 4. The number of morpholine rings is 1. The fourth-order valence-electron chi connectivity index (χ4n) is 1.70. The van der Waals surface area contributed by atoms with Gasteiger partial charge in [-0.15, -0.1) is 0 Å². The molecule has 0 radical (unpaired) electrons. The van der Waals surface area contributed by atoms with Crippen LogP contribution in [0.1, 0.15) is 0 Å². The Kier molecular flexibility index (Phi) is 4.32. The minimum absolute atomic E-state index is 0.134. The molecular formula is C11H17N5O2. The van der Waals surface area contributed by atoms with Crippen LogP contribution in [0.2, 0.25) is 0 Å². The summed E-state index contributed by atoms with van der Waals surface area (Å²) in [5.41, 5.74) is 2.84. The van der Waals surface area contributed by atoms with Crippen molar-refractivity contribution in [3.8, 4) is 0 Å². The first-order chi connectivity index (χ1) is 8.79. The Hall–Kier alpha value is -1.86. The van der Waals surface area contributed by atoms with E-state index in [9.17, 15) is 4.79 Å². The predicted molar refractivity (Wildman–Crippen MR) is 68.1 cm³/mol. The first-order valence-electron chi connectivity index (χ1n) is 5.81. The number of carbonyl (C=O) groups is 1. The monoisotopic (exact) mass is 251 g/mol. The maximum Gasteiger partial charge on any atom is 0.253 e. The average molecular weight is 251 g/mol. The Bertz CT molecular complexity index is 389. The molecule has 0 bridgehead atoms. The van der Waals surface area contributed by atoms with E-state index in [1.54, 1.807) is 6.20 Å². The van der Waals surface area contributed by atoms with E-state index in [4.69, 9.17) is 10.6 Å². The molecule has 1 aliphatic rings. The Labute approximate surface area is 105 Å². The zero-order chi connectivity index (χ0) is 12.8. The second-order valence-electron chi connectivity index (χ2n) is 3.93. The molecule has 98 valence electrons. The summed E-state index contributed by atoms with van der Waals surface area (Å²) in [4.78, 5) is 17.5. The average Bonchev–Trinajstić information content (AvgIpc) is 2.46. The molecule has 1 aliphatic heterocycles. The summed E-state index contributed by atoms with van der Waals surface area (Å²) in [7, 11) is 0. The summed E-state index contributed by atoms with van der Waals surface area (Å²) < 4.78 is 5.28. The van der Waals surface area contributed by atoms with Gasteiger partial charge in [0.05, 0.1) is 31.6 Å². The van der Waals surface area contributed by atoms with E-state index in [0.29, 0.717) is 0 Å². The third-order valence-electron chi connectivity index (χ3n) is 2.70. The number of nitrogens with zero attached hydrogens (tertiary/aromatic N) is 2. The molecule has 18 heavy (non-hydrogen) atoms. The van der Waals surface area contributed by atoms with E-state index in [-0.39, 0.29) is 12.5 Å². The van der Waals surface area contributed by atoms with Crippen molar-refractivity contribution in [2.75, 3.05) is 43.1 Å². The molecule has 1 aromatic heterocycles. The van der Waals surface area contributed by atoms with Gasteiger partial charge in [0.1, 0.15) is 5.82 Å². The third-order valence-corrected chi connectivity index (χ3v) is 2.70. The highest BCUT2D eigenvalue weighted by Gasteiger charge is 2.11. The highest BCUT2D eigenvalue weighted by molar-refractivity contribution is 5.79. The zero-order valence-electron chi connectivity index (χ0n) is 10.1. The van der Waals surface area contributed by atoms with Crippen LogP contribution in [0.5, 0.6) is 0 Å². The van der Waals surface area contributed by atoms with E-state index in [0.717, 1.165) is 37.8 Å². The molecule has 0 unspecified atom stereocenters. The minimum Gasteiger partial charge on any atom is -0.378 e. The molecular weight excluding hydrogens is 234 g/mol. The van der Waals surface area contributed by atoms with Crippen molar-refractivity contribution < 1.29 is 9.53 Å². The van der Waals surface area contributed by atoms with E-state index in [1.807, 2.05) is 12.1 Å². The Balaban J connectivity index is 1.90. The van der Waals surface area contributed by atoms with Crippen LogP contribution < -0.4 is 21.5 Å². The number of aromatic nitrogens is 1. The molecule has 7 heteroatoms. The van der Waals surface area contributed by atoms with Crippen LogP contribution in [-0.2, 0) is 9.53 Å². The lowest BCUT2D eigenvalue weighted by atomic mass is 10.3. The van der Waals surface area contributed by atoms with E-state index in [1.165, 1.54) is 0 Å². The van der Waals surface area contributed by atoms with E-state index >= 15 is 0 Å². The molecule has 0 aliphatic carbocycles. The number of nitrogens with two attached hydrogens (primary N) is 1. The first kappa shape index (κ1) is 12.6. The Morgan fingerprint density at radius 1 is 1.44 bits per heavy atom. The van der Waals surface area contributed by atoms with Crippen LogP contribution in [0.15, 0.2) is 18.3 Å². The largest absolute Gasteiger partial charge is 0.378 e. The third kappa shape index (κ3) is 3.31. The number of anilines is 2. The molecule has 0 atom stereocenters. The molecule has 1 aromatic rings. The van der Waals surface area contributed by atoms with Gasteiger partial charge in [0.2, 0.25) is 0 Å². The first-order valence-corrected chi connectivity index (χ1v) is 5.81. The van der Waals surface area contributed by atoms with E-state index in [2.05, 4.69) is 20.6 Å². The summed E-state index contributed by atoms with van der Waals surface area (Å²) in [5, 5.41) is 2.93. The molecule has 4 N–H and O–H groups in total. The van der Waals surface area contributed by atoms with Crippen molar-refractivity contribution in [3.05, 3.63) is 18.3 Å². The summed E-state index contributed by atoms with van der Waals surface area (Å²) >= 11 is 0. The number of amides is 1. The van der Waals surface area contributed by atoms with Crippen LogP contribution in [0.4, 0.5) is 11.5 Å². The number of nitrogens with one attached hydrogen (secondary N) is 2. The Morgan fingerprint density at radius 3 is 2.83 bits per heavy atom. The maximum absolute atomic E-state index is 11.0. The van der Waals surface area contributed by atoms with E-state index < -0.39 is 0 Å². The number of pyridine rings is 1. The molecule has 7 nitrogen and oxygen atoms in total. The van der Waals surface area contributed by atoms with Gasteiger partial charge in [-0.2, -0.15) is 0 Å². The lowest BCUT2D eigenvalue weighted by molar-refractivity contribution is -0.119. The lowest BCUT2D eigenvalue weighted by Crippen LogP contribution is -2.36. The lowest BCUT2D eigenvalue weighted by Gasteiger charge is -2.27. The van der Waals surface area contributed by atoms with Crippen LogP contribution in [-0.4, -0.2) is 43.7 Å². The summed E-state index contributed by atoms with van der Waals surface area (Å²) in [5.74, 6) is 5.64. The topological polar surface area (TPSA) is 92.5 Å². The molecule has 1 fully saturated rings. The van der Waals surface area contributed by atoms with Gasteiger partial charge in [-0.1, -0.05) is 0 Å². The fourth-order valence-corrected chi connectivity index (χ4v) is 1.70. The molecule has 1 amide bonds. The van der Waals surface area contributed by atoms with Crippen molar-refractivity contribution in [2.45, 2.75) is 0 Å². The molecule has 0 aromatic carbocycles. The van der Waals surface area contributed by atoms with Gasteiger partial charge in [-0.3, -0.25) is 10.2 Å². The van der Waals surface area contributed by atoms with Gasteiger partial charge in [-0.25, -0.2) is 10.8 Å². The number of ether oxygens (including phenoxy) is 1. The van der Waals surface area contributed by atoms with Crippen molar-refractivity contribution in [3.63, 3.8) is 0 Å². The van der Waals surface area contributed by atoms with Gasteiger partial charge in [-0.05, 0) is 12.1 Å². The zero-order valence-corrected chi connectivity index (χ0v) is 10.1. The standard InChI is InChI=1S/C11H17N5O2/c12-15-11(17)8-13-9-1-2-10(14-7-9)16-3-5-18-6-4-16/h1-2,7,13H,3-6,8,12H2,(H,15,17). The molecule has 2 rings (SSSR count). The Morgan fingerprint density at radius 2 is 2.22 bits per heavy atom. The number of hydrogen-bond acceptors (Lipinski definition) is 6. The van der Waals surface area contributed by atoms with Gasteiger partial charge in [0.25, 0.3) is 5.91 Å². The maximum atomic E-state index is 11.0. The molecule has 0 saturated carbocycles. The van der Waals surface area contributed by atoms with Gasteiger partial charge in [0.15, 0.2) is 0 Å². The molecule has 0 spiro atoms. The predicted octanol–water partition coefficient (Wildman–Crippen LogP) is -0.680. The van der Waals surface area contributed by atoms with Crippen molar-refractivity contribution in [2.24, 2.45) is 5.84 Å². The van der Waals surface area contributed by atoms with Crippen molar-refractivity contribution in [1.29, 1.82) is 0 Å². The number of hydrazine groups is 1. The highest BCUT2D eigenvalue weighted by Crippen LogP contribution is 2.15. The second kappa shape index (κ2) is 6.18. The van der Waals surface area contributed by atoms with Crippen LogP contribution in [0.3, 0.4) is 0 Å². The molecule has 1 saturated heterocycles. The quantitative estimate of drug-likeness (QED) is 0.373. The fraction of sp³-hybridized carbons (Fsp3) is 0.455. The minimum atomic E-state index is -0.271. The summed E-state index contributed by atoms with van der Waals surface area (Å²) in [6.45, 7) is 3.32. The highest BCUT2D eigenvalue weighted by atomic mass is 16.5. The number of hydrogen-bond donors (Lipinski definition) is 3.